The highest BCUT2D eigenvalue weighted by atomic mass is 35.5. The van der Waals surface area contributed by atoms with Crippen LogP contribution < -0.4 is 0 Å². The Balaban J connectivity index is 1.87. The molecule has 1 unspecified atom stereocenters. The van der Waals surface area contributed by atoms with Gasteiger partial charge in [-0.15, -0.1) is 0 Å². The van der Waals surface area contributed by atoms with E-state index in [2.05, 4.69) is 0 Å². The van der Waals surface area contributed by atoms with Crippen LogP contribution in [0.3, 0.4) is 0 Å². The molecule has 0 N–H and O–H groups in total. The molecule has 0 amide bonds. The number of ether oxygens (including phenoxy) is 1. The summed E-state index contributed by atoms with van der Waals surface area (Å²) >= 11 is 6.02. The lowest BCUT2D eigenvalue weighted by Gasteiger charge is -2.26. The van der Waals surface area contributed by atoms with E-state index >= 15 is 0 Å². The minimum Gasteiger partial charge on any atom is -0.481 e. The fraction of sp³-hybridized carbons (Fsp3) is 0.130. The second-order valence-electron chi connectivity index (χ2n) is 6.95. The molecular weight excluding hydrogens is 392 g/mol. The van der Waals surface area contributed by atoms with Gasteiger partial charge in [-0.1, -0.05) is 60.1 Å². The predicted molar refractivity (Wildman–Crippen MR) is 111 cm³/mol. The zero-order valence-electron chi connectivity index (χ0n) is 15.3. The van der Waals surface area contributed by atoms with Crippen molar-refractivity contribution in [2.75, 3.05) is 0 Å². The van der Waals surface area contributed by atoms with Crippen LogP contribution in [0.5, 0.6) is 0 Å². The summed E-state index contributed by atoms with van der Waals surface area (Å²) < 4.78 is 33.2. The van der Waals surface area contributed by atoms with Gasteiger partial charge in [0, 0.05) is 17.0 Å². The van der Waals surface area contributed by atoms with Gasteiger partial charge in [0.15, 0.2) is 0 Å². The van der Waals surface area contributed by atoms with Crippen LogP contribution in [-0.2, 0) is 20.2 Å². The van der Waals surface area contributed by atoms with Crippen molar-refractivity contribution in [3.63, 3.8) is 0 Å². The lowest BCUT2D eigenvalue weighted by molar-refractivity contribution is 0.0777. The zero-order chi connectivity index (χ0) is 19.8. The molecule has 0 saturated carbocycles. The standard InChI is InChI=1S/C23H19ClO3S/c1-23(18-8-4-2-5-9-18)16-21(28(25,26)20-10-6-3-7-11-20)22(27-23)17-12-14-19(24)15-13-17/h2-15H,16H2,1H3. The van der Waals surface area contributed by atoms with E-state index in [0.29, 0.717) is 16.3 Å². The summed E-state index contributed by atoms with van der Waals surface area (Å²) in [6.45, 7) is 1.92. The number of halogens is 1. The predicted octanol–water partition coefficient (Wildman–Crippen LogP) is 5.82. The molecule has 3 aromatic carbocycles. The third-order valence-electron chi connectivity index (χ3n) is 4.95. The van der Waals surface area contributed by atoms with Gasteiger partial charge in [-0.25, -0.2) is 8.42 Å². The van der Waals surface area contributed by atoms with E-state index in [1.54, 1.807) is 54.6 Å². The molecule has 1 atom stereocenters. The Morgan fingerprint density at radius 3 is 2.04 bits per heavy atom. The minimum atomic E-state index is -3.70. The van der Waals surface area contributed by atoms with E-state index in [9.17, 15) is 8.42 Å². The molecular formula is C23H19ClO3S. The van der Waals surface area contributed by atoms with Gasteiger partial charge in [0.05, 0.1) is 9.80 Å². The number of sulfone groups is 1. The Morgan fingerprint density at radius 1 is 0.857 bits per heavy atom. The summed E-state index contributed by atoms with van der Waals surface area (Å²) in [5.41, 5.74) is 0.853. The fourth-order valence-corrected chi connectivity index (χ4v) is 5.23. The number of benzene rings is 3. The molecule has 5 heteroatoms. The highest BCUT2D eigenvalue weighted by Gasteiger charge is 2.43. The number of hydrogen-bond acceptors (Lipinski definition) is 3. The zero-order valence-corrected chi connectivity index (χ0v) is 16.9. The monoisotopic (exact) mass is 410 g/mol. The highest BCUT2D eigenvalue weighted by Crippen LogP contribution is 2.48. The quantitative estimate of drug-likeness (QED) is 0.544. The highest BCUT2D eigenvalue weighted by molar-refractivity contribution is 7.95. The van der Waals surface area contributed by atoms with Crippen molar-refractivity contribution in [1.82, 2.24) is 0 Å². The van der Waals surface area contributed by atoms with Gasteiger partial charge in [0.2, 0.25) is 9.84 Å². The number of hydrogen-bond donors (Lipinski definition) is 0. The summed E-state index contributed by atoms with van der Waals surface area (Å²) in [6.07, 6.45) is 0.256. The fourth-order valence-electron chi connectivity index (χ4n) is 3.44. The van der Waals surface area contributed by atoms with Crippen LogP contribution in [0.1, 0.15) is 24.5 Å². The van der Waals surface area contributed by atoms with Gasteiger partial charge in [0.25, 0.3) is 0 Å². The van der Waals surface area contributed by atoms with Gasteiger partial charge >= 0.3 is 0 Å². The molecule has 142 valence electrons. The maximum absolute atomic E-state index is 13.4. The molecule has 1 heterocycles. The maximum Gasteiger partial charge on any atom is 0.206 e. The normalized spacial score (nSPS) is 19.5. The molecule has 0 saturated heterocycles. The first-order valence-corrected chi connectivity index (χ1v) is 10.8. The topological polar surface area (TPSA) is 43.4 Å². The summed E-state index contributed by atoms with van der Waals surface area (Å²) in [4.78, 5) is 0.546. The third kappa shape index (κ3) is 3.34. The second kappa shape index (κ2) is 7.12. The second-order valence-corrected chi connectivity index (χ2v) is 9.36. The van der Waals surface area contributed by atoms with Crippen molar-refractivity contribution in [2.24, 2.45) is 0 Å². The average molecular weight is 411 g/mol. The van der Waals surface area contributed by atoms with E-state index in [1.807, 2.05) is 37.3 Å². The first kappa shape index (κ1) is 18.8. The molecule has 1 aliphatic rings. The van der Waals surface area contributed by atoms with Crippen LogP contribution in [0.2, 0.25) is 5.02 Å². The van der Waals surface area contributed by atoms with Crippen LogP contribution in [0, 0.1) is 0 Å². The summed E-state index contributed by atoms with van der Waals surface area (Å²) in [5, 5.41) is 0.584. The Kier molecular flexibility index (Phi) is 4.77. The summed E-state index contributed by atoms with van der Waals surface area (Å²) in [5.74, 6) is 0.381. The lowest BCUT2D eigenvalue weighted by atomic mass is 9.93. The maximum atomic E-state index is 13.4. The Hall–Kier alpha value is -2.56. The van der Waals surface area contributed by atoms with Gasteiger partial charge < -0.3 is 4.74 Å². The number of rotatable bonds is 4. The van der Waals surface area contributed by atoms with Gasteiger partial charge in [-0.05, 0) is 48.9 Å². The SMILES string of the molecule is CC1(c2ccccc2)CC(S(=O)(=O)c2ccccc2)=C(c2ccc(Cl)cc2)O1. The Morgan fingerprint density at radius 2 is 1.43 bits per heavy atom. The average Bonchev–Trinajstić information content (AvgIpc) is 3.10. The first-order chi connectivity index (χ1) is 13.4. The molecule has 1 aliphatic heterocycles. The van der Waals surface area contributed by atoms with Crippen LogP contribution in [-0.4, -0.2) is 8.42 Å². The summed E-state index contributed by atoms with van der Waals surface area (Å²) in [7, 11) is -3.70. The van der Waals surface area contributed by atoms with Crippen LogP contribution in [0.4, 0.5) is 0 Å². The smallest absolute Gasteiger partial charge is 0.206 e. The van der Waals surface area contributed by atoms with Crippen molar-refractivity contribution in [3.8, 4) is 0 Å². The Labute approximate surface area is 170 Å². The van der Waals surface area contributed by atoms with Crippen LogP contribution in [0.15, 0.2) is 94.7 Å². The van der Waals surface area contributed by atoms with Crippen molar-refractivity contribution in [2.45, 2.75) is 23.8 Å². The molecule has 4 rings (SSSR count). The molecule has 0 bridgehead atoms. The van der Waals surface area contributed by atoms with Gasteiger partial charge in [0.1, 0.15) is 11.4 Å². The minimum absolute atomic E-state index is 0.256. The third-order valence-corrected chi connectivity index (χ3v) is 7.07. The van der Waals surface area contributed by atoms with E-state index in [1.165, 1.54) is 0 Å². The van der Waals surface area contributed by atoms with E-state index in [0.717, 1.165) is 5.56 Å². The van der Waals surface area contributed by atoms with E-state index < -0.39 is 15.4 Å². The summed E-state index contributed by atoms with van der Waals surface area (Å²) in [6, 6.07) is 25.2. The van der Waals surface area contributed by atoms with E-state index in [-0.39, 0.29) is 16.2 Å². The van der Waals surface area contributed by atoms with Crippen LogP contribution in [0.25, 0.3) is 5.76 Å². The lowest BCUT2D eigenvalue weighted by Crippen LogP contribution is -2.21. The van der Waals surface area contributed by atoms with Crippen molar-refractivity contribution < 1.29 is 13.2 Å². The van der Waals surface area contributed by atoms with Crippen molar-refractivity contribution >= 4 is 27.2 Å². The molecule has 0 spiro atoms. The Bertz CT molecular complexity index is 1120. The van der Waals surface area contributed by atoms with Crippen LogP contribution >= 0.6 is 11.6 Å². The molecule has 3 aromatic rings. The van der Waals surface area contributed by atoms with E-state index in [4.69, 9.17) is 16.3 Å². The molecule has 0 radical (unpaired) electrons. The molecule has 28 heavy (non-hydrogen) atoms. The first-order valence-electron chi connectivity index (χ1n) is 8.94. The van der Waals surface area contributed by atoms with Gasteiger partial charge in [-0.3, -0.25) is 0 Å². The largest absolute Gasteiger partial charge is 0.481 e. The molecule has 0 aromatic heterocycles. The van der Waals surface area contributed by atoms with Crippen molar-refractivity contribution in [3.05, 3.63) is 106 Å². The molecule has 3 nitrogen and oxygen atoms in total. The molecule has 0 fully saturated rings. The van der Waals surface area contributed by atoms with Crippen molar-refractivity contribution in [1.29, 1.82) is 0 Å². The molecule has 0 aliphatic carbocycles. The van der Waals surface area contributed by atoms with Gasteiger partial charge in [-0.2, -0.15) is 0 Å².